The first kappa shape index (κ1) is 10.7. The van der Waals surface area contributed by atoms with E-state index < -0.39 is 6.04 Å². The summed E-state index contributed by atoms with van der Waals surface area (Å²) in [6, 6.07) is 1.43. The fourth-order valence-corrected chi connectivity index (χ4v) is 2.14. The molecule has 15 heavy (non-hydrogen) atoms. The SMILES string of the molecule is Cc1c(C(N)CO)cc2c(c1Br)OCO2. The van der Waals surface area contributed by atoms with E-state index in [2.05, 4.69) is 15.9 Å². The van der Waals surface area contributed by atoms with Crippen molar-refractivity contribution in [2.45, 2.75) is 13.0 Å². The second-order valence-corrected chi connectivity index (χ2v) is 4.22. The molecule has 0 amide bonds. The van der Waals surface area contributed by atoms with Gasteiger partial charge in [0.1, 0.15) is 0 Å². The highest BCUT2D eigenvalue weighted by atomic mass is 79.9. The number of rotatable bonds is 2. The number of fused-ring (bicyclic) bond motifs is 1. The number of ether oxygens (including phenoxy) is 2. The minimum Gasteiger partial charge on any atom is -0.454 e. The van der Waals surface area contributed by atoms with Gasteiger partial charge in [-0.3, -0.25) is 0 Å². The third-order valence-corrected chi connectivity index (χ3v) is 3.44. The van der Waals surface area contributed by atoms with Gasteiger partial charge in [-0.2, -0.15) is 0 Å². The highest BCUT2D eigenvalue weighted by Gasteiger charge is 2.22. The van der Waals surface area contributed by atoms with E-state index in [1.807, 2.05) is 13.0 Å². The Morgan fingerprint density at radius 2 is 2.33 bits per heavy atom. The zero-order valence-electron chi connectivity index (χ0n) is 8.29. The van der Waals surface area contributed by atoms with Gasteiger partial charge in [-0.05, 0) is 40.0 Å². The Bertz CT molecular complexity index is 395. The molecule has 1 aromatic carbocycles. The van der Waals surface area contributed by atoms with E-state index >= 15 is 0 Å². The van der Waals surface area contributed by atoms with Crippen LogP contribution in [0.15, 0.2) is 10.5 Å². The molecule has 1 aliphatic heterocycles. The minimum atomic E-state index is -0.393. The van der Waals surface area contributed by atoms with Crippen molar-refractivity contribution >= 4 is 15.9 Å². The lowest BCUT2D eigenvalue weighted by molar-refractivity contribution is 0.173. The summed E-state index contributed by atoms with van der Waals surface area (Å²) in [5.74, 6) is 1.38. The van der Waals surface area contributed by atoms with E-state index in [1.165, 1.54) is 0 Å². The molecule has 1 atom stereocenters. The Kier molecular flexibility index (Phi) is 2.86. The lowest BCUT2D eigenvalue weighted by Crippen LogP contribution is -2.15. The van der Waals surface area contributed by atoms with Crippen LogP contribution in [0.4, 0.5) is 0 Å². The average Bonchev–Trinajstić information content (AvgIpc) is 2.70. The first-order valence-corrected chi connectivity index (χ1v) is 5.39. The monoisotopic (exact) mass is 273 g/mol. The zero-order chi connectivity index (χ0) is 11.0. The van der Waals surface area contributed by atoms with Crippen molar-refractivity contribution in [1.82, 2.24) is 0 Å². The van der Waals surface area contributed by atoms with Gasteiger partial charge in [0.25, 0.3) is 0 Å². The van der Waals surface area contributed by atoms with E-state index in [9.17, 15) is 0 Å². The maximum Gasteiger partial charge on any atom is 0.231 e. The van der Waals surface area contributed by atoms with Gasteiger partial charge in [-0.1, -0.05) is 0 Å². The zero-order valence-corrected chi connectivity index (χ0v) is 9.87. The van der Waals surface area contributed by atoms with Crippen molar-refractivity contribution in [2.75, 3.05) is 13.4 Å². The Labute approximate surface area is 96.1 Å². The lowest BCUT2D eigenvalue weighted by atomic mass is 10.0. The van der Waals surface area contributed by atoms with Gasteiger partial charge in [-0.15, -0.1) is 0 Å². The number of halogens is 1. The molecule has 0 saturated carbocycles. The maximum absolute atomic E-state index is 9.04. The molecular weight excluding hydrogens is 262 g/mol. The molecule has 82 valence electrons. The highest BCUT2D eigenvalue weighted by molar-refractivity contribution is 9.10. The van der Waals surface area contributed by atoms with Crippen molar-refractivity contribution in [2.24, 2.45) is 5.73 Å². The van der Waals surface area contributed by atoms with Gasteiger partial charge < -0.3 is 20.3 Å². The summed E-state index contributed by atoms with van der Waals surface area (Å²) in [7, 11) is 0. The minimum absolute atomic E-state index is 0.0904. The fraction of sp³-hybridized carbons (Fsp3) is 0.400. The number of hydrogen-bond donors (Lipinski definition) is 2. The van der Waals surface area contributed by atoms with Crippen molar-refractivity contribution < 1.29 is 14.6 Å². The molecule has 5 heteroatoms. The normalized spacial score (nSPS) is 15.5. The summed E-state index contributed by atoms with van der Waals surface area (Å²) in [4.78, 5) is 0. The Morgan fingerprint density at radius 1 is 1.60 bits per heavy atom. The summed E-state index contributed by atoms with van der Waals surface area (Å²) in [5.41, 5.74) is 7.63. The van der Waals surface area contributed by atoms with Crippen LogP contribution in [0, 0.1) is 6.92 Å². The largest absolute Gasteiger partial charge is 0.454 e. The van der Waals surface area contributed by atoms with Gasteiger partial charge in [0, 0.05) is 0 Å². The van der Waals surface area contributed by atoms with Crippen molar-refractivity contribution in [3.63, 3.8) is 0 Å². The van der Waals surface area contributed by atoms with E-state index in [4.69, 9.17) is 20.3 Å². The third-order valence-electron chi connectivity index (χ3n) is 2.49. The first-order valence-electron chi connectivity index (χ1n) is 4.60. The molecule has 0 fully saturated rings. The molecule has 1 unspecified atom stereocenters. The second-order valence-electron chi connectivity index (χ2n) is 3.43. The second kappa shape index (κ2) is 4.00. The van der Waals surface area contributed by atoms with Crippen molar-refractivity contribution in [1.29, 1.82) is 0 Å². The van der Waals surface area contributed by atoms with Crippen LogP contribution in [-0.4, -0.2) is 18.5 Å². The lowest BCUT2D eigenvalue weighted by Gasteiger charge is -2.14. The van der Waals surface area contributed by atoms with Gasteiger partial charge in [0.2, 0.25) is 6.79 Å². The number of aliphatic hydroxyl groups is 1. The predicted molar refractivity (Wildman–Crippen MR) is 59.0 cm³/mol. The number of aliphatic hydroxyl groups excluding tert-OH is 1. The summed E-state index contributed by atoms with van der Waals surface area (Å²) in [6.07, 6.45) is 0. The van der Waals surface area contributed by atoms with Crippen LogP contribution >= 0.6 is 15.9 Å². The summed E-state index contributed by atoms with van der Waals surface area (Å²) >= 11 is 3.44. The predicted octanol–water partition coefficient (Wildman–Crippen LogP) is 1.48. The molecule has 3 N–H and O–H groups in total. The van der Waals surface area contributed by atoms with Crippen molar-refractivity contribution in [3.05, 3.63) is 21.7 Å². The quantitative estimate of drug-likeness (QED) is 0.857. The van der Waals surface area contributed by atoms with Crippen LogP contribution in [0.1, 0.15) is 17.2 Å². The van der Waals surface area contributed by atoms with E-state index in [-0.39, 0.29) is 13.4 Å². The molecule has 0 saturated heterocycles. The number of benzene rings is 1. The van der Waals surface area contributed by atoms with E-state index in [0.29, 0.717) is 11.5 Å². The van der Waals surface area contributed by atoms with Gasteiger partial charge >= 0.3 is 0 Å². The topological polar surface area (TPSA) is 64.7 Å². The fourth-order valence-electron chi connectivity index (χ4n) is 1.60. The van der Waals surface area contributed by atoms with Gasteiger partial charge in [0.15, 0.2) is 11.5 Å². The van der Waals surface area contributed by atoms with E-state index in [1.54, 1.807) is 0 Å². The molecule has 0 aromatic heterocycles. The Hall–Kier alpha value is -0.780. The maximum atomic E-state index is 9.04. The summed E-state index contributed by atoms with van der Waals surface area (Å²) in [6.45, 7) is 2.06. The molecule has 2 rings (SSSR count). The molecule has 0 radical (unpaired) electrons. The molecule has 0 aliphatic carbocycles. The van der Waals surface area contributed by atoms with Crippen LogP contribution in [0.3, 0.4) is 0 Å². The summed E-state index contributed by atoms with van der Waals surface area (Å²) in [5, 5.41) is 9.04. The molecule has 0 bridgehead atoms. The van der Waals surface area contributed by atoms with Gasteiger partial charge in [0.05, 0.1) is 17.1 Å². The molecule has 1 aliphatic rings. The van der Waals surface area contributed by atoms with Crippen LogP contribution < -0.4 is 15.2 Å². The molecular formula is C10H12BrNO3. The third kappa shape index (κ3) is 1.71. The molecule has 4 nitrogen and oxygen atoms in total. The smallest absolute Gasteiger partial charge is 0.231 e. The molecule has 1 aromatic rings. The van der Waals surface area contributed by atoms with E-state index in [0.717, 1.165) is 15.6 Å². The Balaban J connectivity index is 2.54. The molecule has 0 spiro atoms. The average molecular weight is 274 g/mol. The molecule has 1 heterocycles. The summed E-state index contributed by atoms with van der Waals surface area (Å²) < 4.78 is 11.4. The van der Waals surface area contributed by atoms with Crippen LogP contribution in [-0.2, 0) is 0 Å². The first-order chi connectivity index (χ1) is 7.15. The Morgan fingerprint density at radius 3 is 3.00 bits per heavy atom. The van der Waals surface area contributed by atoms with Gasteiger partial charge in [-0.25, -0.2) is 0 Å². The van der Waals surface area contributed by atoms with Crippen LogP contribution in [0.25, 0.3) is 0 Å². The highest BCUT2D eigenvalue weighted by Crippen LogP contribution is 2.43. The van der Waals surface area contributed by atoms with Crippen molar-refractivity contribution in [3.8, 4) is 11.5 Å². The van der Waals surface area contributed by atoms with Crippen LogP contribution in [0.5, 0.6) is 11.5 Å². The number of nitrogens with two attached hydrogens (primary N) is 1. The number of hydrogen-bond acceptors (Lipinski definition) is 4. The van der Waals surface area contributed by atoms with Crippen LogP contribution in [0.2, 0.25) is 0 Å². The standard InChI is InChI=1S/C10H12BrNO3/c1-5-6(7(12)3-13)2-8-10(9(5)11)15-4-14-8/h2,7,13H,3-4,12H2,1H3.